The van der Waals surface area contributed by atoms with Gasteiger partial charge in [0.25, 0.3) is 0 Å². The third kappa shape index (κ3) is 2.30. The van der Waals surface area contributed by atoms with E-state index in [1.165, 1.54) is 19.2 Å². The first-order valence-corrected chi connectivity index (χ1v) is 6.28. The van der Waals surface area contributed by atoms with E-state index in [-0.39, 0.29) is 18.0 Å². The molecule has 0 aliphatic carbocycles. The second-order valence-electron chi connectivity index (χ2n) is 4.82. The van der Waals surface area contributed by atoms with Gasteiger partial charge in [0.05, 0.1) is 7.11 Å². The first-order chi connectivity index (χ1) is 10.0. The van der Waals surface area contributed by atoms with Crippen molar-refractivity contribution in [3.8, 4) is 28.7 Å². The normalized spacial score (nSPS) is 20.2. The van der Waals surface area contributed by atoms with Crippen molar-refractivity contribution in [3.63, 3.8) is 0 Å². The van der Waals surface area contributed by atoms with Crippen LogP contribution in [0.1, 0.15) is 23.3 Å². The standard InChI is InChI=1S/C15H14O6/c1-20-12-3-2-7(4-9(12)16)14-15(21-14)8-5-10(17)13(19)11(18)6-8/h2-6,14-19H,1H3. The van der Waals surface area contributed by atoms with Crippen LogP contribution in [0.4, 0.5) is 0 Å². The van der Waals surface area contributed by atoms with Crippen LogP contribution in [-0.4, -0.2) is 27.5 Å². The Hall–Kier alpha value is -2.60. The molecule has 3 rings (SSSR count). The average molecular weight is 290 g/mol. The highest BCUT2D eigenvalue weighted by Gasteiger charge is 2.42. The second kappa shape index (κ2) is 4.75. The third-order valence-electron chi connectivity index (χ3n) is 3.44. The summed E-state index contributed by atoms with van der Waals surface area (Å²) >= 11 is 0. The molecule has 0 radical (unpaired) electrons. The van der Waals surface area contributed by atoms with Crippen LogP contribution < -0.4 is 4.74 Å². The fraction of sp³-hybridized carbons (Fsp3) is 0.200. The van der Waals surface area contributed by atoms with Gasteiger partial charge in [0.15, 0.2) is 28.7 Å². The SMILES string of the molecule is COc1ccc(C2OC2c2cc(O)c(O)c(O)c2)cc1O. The number of phenols is 4. The van der Waals surface area contributed by atoms with Gasteiger partial charge < -0.3 is 29.9 Å². The number of rotatable bonds is 3. The van der Waals surface area contributed by atoms with Gasteiger partial charge in [-0.1, -0.05) is 6.07 Å². The molecular weight excluding hydrogens is 276 g/mol. The van der Waals surface area contributed by atoms with E-state index >= 15 is 0 Å². The van der Waals surface area contributed by atoms with E-state index in [1.807, 2.05) is 0 Å². The van der Waals surface area contributed by atoms with Crippen molar-refractivity contribution in [3.05, 3.63) is 41.5 Å². The summed E-state index contributed by atoms with van der Waals surface area (Å²) in [5.41, 5.74) is 1.30. The predicted molar refractivity (Wildman–Crippen MR) is 72.7 cm³/mol. The number of epoxide rings is 1. The Bertz CT molecular complexity index is 674. The Morgan fingerprint density at radius 1 is 0.857 bits per heavy atom. The molecule has 0 bridgehead atoms. The van der Waals surface area contributed by atoms with E-state index in [0.29, 0.717) is 11.3 Å². The molecule has 0 amide bonds. The quantitative estimate of drug-likeness (QED) is 0.511. The molecule has 2 aromatic carbocycles. The van der Waals surface area contributed by atoms with Crippen LogP contribution in [0.25, 0.3) is 0 Å². The zero-order valence-electron chi connectivity index (χ0n) is 11.1. The van der Waals surface area contributed by atoms with Crippen molar-refractivity contribution >= 4 is 0 Å². The molecule has 0 aromatic heterocycles. The Kier molecular flexibility index (Phi) is 3.03. The molecule has 6 nitrogen and oxygen atoms in total. The van der Waals surface area contributed by atoms with Gasteiger partial charge in [-0.25, -0.2) is 0 Å². The minimum atomic E-state index is -0.557. The predicted octanol–water partition coefficient (Wildman–Crippen LogP) is 2.33. The summed E-state index contributed by atoms with van der Waals surface area (Å²) in [5, 5.41) is 38.1. The van der Waals surface area contributed by atoms with Crippen LogP contribution in [0.15, 0.2) is 30.3 Å². The third-order valence-corrected chi connectivity index (χ3v) is 3.44. The van der Waals surface area contributed by atoms with Crippen molar-refractivity contribution in [1.82, 2.24) is 0 Å². The molecule has 1 aliphatic rings. The van der Waals surface area contributed by atoms with Gasteiger partial charge in [-0.05, 0) is 35.4 Å². The zero-order valence-corrected chi connectivity index (χ0v) is 11.1. The number of methoxy groups -OCH3 is 1. The van der Waals surface area contributed by atoms with Gasteiger partial charge in [0.2, 0.25) is 0 Å². The summed E-state index contributed by atoms with van der Waals surface area (Å²) in [6.07, 6.45) is -0.639. The molecule has 2 aromatic rings. The topological polar surface area (TPSA) is 103 Å². The highest BCUT2D eigenvalue weighted by molar-refractivity contribution is 5.53. The fourth-order valence-corrected chi connectivity index (χ4v) is 2.29. The van der Waals surface area contributed by atoms with Gasteiger partial charge in [-0.15, -0.1) is 0 Å². The molecule has 2 unspecified atom stereocenters. The van der Waals surface area contributed by atoms with Crippen molar-refractivity contribution in [2.24, 2.45) is 0 Å². The summed E-state index contributed by atoms with van der Waals surface area (Å²) in [6, 6.07) is 7.62. The summed E-state index contributed by atoms with van der Waals surface area (Å²) < 4.78 is 10.5. The molecule has 110 valence electrons. The largest absolute Gasteiger partial charge is 0.504 e. The number of hydrogen-bond donors (Lipinski definition) is 4. The Morgan fingerprint density at radius 2 is 1.43 bits per heavy atom. The van der Waals surface area contributed by atoms with E-state index in [1.54, 1.807) is 18.2 Å². The fourth-order valence-electron chi connectivity index (χ4n) is 2.29. The average Bonchev–Trinajstić information content (AvgIpc) is 3.24. The molecule has 1 fully saturated rings. The summed E-state index contributed by atoms with van der Waals surface area (Å²) in [4.78, 5) is 0. The highest BCUT2D eigenvalue weighted by Crippen LogP contribution is 2.54. The van der Waals surface area contributed by atoms with Gasteiger partial charge in [0, 0.05) is 0 Å². The molecule has 2 atom stereocenters. The Balaban J connectivity index is 1.85. The zero-order chi connectivity index (χ0) is 15.1. The van der Waals surface area contributed by atoms with Gasteiger partial charge in [-0.3, -0.25) is 0 Å². The van der Waals surface area contributed by atoms with E-state index in [2.05, 4.69) is 0 Å². The van der Waals surface area contributed by atoms with Crippen molar-refractivity contribution in [2.45, 2.75) is 12.2 Å². The van der Waals surface area contributed by atoms with Crippen molar-refractivity contribution in [2.75, 3.05) is 7.11 Å². The number of aromatic hydroxyl groups is 4. The van der Waals surface area contributed by atoms with Crippen LogP contribution in [-0.2, 0) is 4.74 Å². The van der Waals surface area contributed by atoms with Crippen LogP contribution in [0.5, 0.6) is 28.7 Å². The maximum absolute atomic E-state index is 9.76. The van der Waals surface area contributed by atoms with Gasteiger partial charge in [0.1, 0.15) is 12.2 Å². The van der Waals surface area contributed by atoms with E-state index in [4.69, 9.17) is 9.47 Å². The lowest BCUT2D eigenvalue weighted by molar-refractivity contribution is 0.359. The van der Waals surface area contributed by atoms with Crippen LogP contribution in [0.3, 0.4) is 0 Å². The molecule has 1 heterocycles. The molecule has 1 aliphatic heterocycles. The maximum atomic E-state index is 9.76. The Labute approximate surface area is 120 Å². The lowest BCUT2D eigenvalue weighted by atomic mass is 10.0. The maximum Gasteiger partial charge on any atom is 0.200 e. The highest BCUT2D eigenvalue weighted by atomic mass is 16.6. The monoisotopic (exact) mass is 290 g/mol. The lowest BCUT2D eigenvalue weighted by Crippen LogP contribution is -1.88. The molecular formula is C15H14O6. The number of benzene rings is 2. The smallest absolute Gasteiger partial charge is 0.200 e. The number of ether oxygens (including phenoxy) is 2. The van der Waals surface area contributed by atoms with E-state index < -0.39 is 17.2 Å². The molecule has 0 spiro atoms. The van der Waals surface area contributed by atoms with Crippen LogP contribution >= 0.6 is 0 Å². The van der Waals surface area contributed by atoms with Gasteiger partial charge in [-0.2, -0.15) is 0 Å². The molecule has 1 saturated heterocycles. The number of hydrogen-bond acceptors (Lipinski definition) is 6. The molecule has 6 heteroatoms. The van der Waals surface area contributed by atoms with E-state index in [9.17, 15) is 20.4 Å². The van der Waals surface area contributed by atoms with Crippen LogP contribution in [0.2, 0.25) is 0 Å². The first-order valence-electron chi connectivity index (χ1n) is 6.28. The second-order valence-corrected chi connectivity index (χ2v) is 4.82. The summed E-state index contributed by atoms with van der Waals surface area (Å²) in [6.45, 7) is 0. The van der Waals surface area contributed by atoms with E-state index in [0.717, 1.165) is 5.56 Å². The molecule has 21 heavy (non-hydrogen) atoms. The van der Waals surface area contributed by atoms with Crippen molar-refractivity contribution in [1.29, 1.82) is 0 Å². The molecule has 4 N–H and O–H groups in total. The summed E-state index contributed by atoms with van der Waals surface area (Å²) in [7, 11) is 1.47. The summed E-state index contributed by atoms with van der Waals surface area (Å²) in [5.74, 6) is -0.983. The van der Waals surface area contributed by atoms with Crippen molar-refractivity contribution < 1.29 is 29.9 Å². The minimum absolute atomic E-state index is 0.0145. The van der Waals surface area contributed by atoms with Crippen LogP contribution in [0, 0.1) is 0 Å². The first kappa shape index (κ1) is 13.4. The minimum Gasteiger partial charge on any atom is -0.504 e. The Morgan fingerprint density at radius 3 is 2.00 bits per heavy atom. The lowest BCUT2D eigenvalue weighted by Gasteiger charge is -2.05. The van der Waals surface area contributed by atoms with Gasteiger partial charge >= 0.3 is 0 Å². The number of phenolic OH excluding ortho intramolecular Hbond substituents is 4. The molecule has 0 saturated carbocycles.